The molecule has 0 unspecified atom stereocenters. The molecule has 1 N–H and O–H groups in total. The summed E-state index contributed by atoms with van der Waals surface area (Å²) in [7, 11) is 3.15. The van der Waals surface area contributed by atoms with E-state index in [-0.39, 0.29) is 11.7 Å². The Morgan fingerprint density at radius 3 is 2.81 bits per heavy atom. The maximum atomic E-state index is 13.4. The van der Waals surface area contributed by atoms with Gasteiger partial charge in [-0.1, -0.05) is 0 Å². The van der Waals surface area contributed by atoms with Crippen LogP contribution in [0.5, 0.6) is 5.75 Å². The number of likely N-dealkylation sites (N-methyl/N-ethyl adjacent to an activating group) is 1. The number of nitrogens with one attached hydrogen (secondary N) is 1. The highest BCUT2D eigenvalue weighted by molar-refractivity contribution is 5.94. The maximum Gasteiger partial charge on any atom is 0.253 e. The number of hydrogen-bond donors (Lipinski definition) is 1. The van der Waals surface area contributed by atoms with Gasteiger partial charge in [0.15, 0.2) is 11.6 Å². The first-order chi connectivity index (χ1) is 10.1. The molecule has 1 saturated heterocycles. The van der Waals surface area contributed by atoms with Crippen LogP contribution in [0.2, 0.25) is 0 Å². The van der Waals surface area contributed by atoms with Gasteiger partial charge in [0.1, 0.15) is 0 Å². The van der Waals surface area contributed by atoms with Crippen LogP contribution >= 0.6 is 0 Å². The van der Waals surface area contributed by atoms with Crippen molar-refractivity contribution in [2.75, 3.05) is 53.4 Å². The number of methoxy groups -OCH3 is 1. The molecule has 0 bridgehead atoms. The number of hydrogen-bond acceptors (Lipinski definition) is 4. The first kappa shape index (κ1) is 15.7. The van der Waals surface area contributed by atoms with E-state index in [1.807, 2.05) is 0 Å². The van der Waals surface area contributed by atoms with E-state index < -0.39 is 5.82 Å². The van der Waals surface area contributed by atoms with Crippen molar-refractivity contribution in [1.29, 1.82) is 0 Å². The van der Waals surface area contributed by atoms with Gasteiger partial charge in [-0.2, -0.15) is 0 Å². The molecule has 1 fully saturated rings. The molecule has 0 atom stereocenters. The van der Waals surface area contributed by atoms with Gasteiger partial charge < -0.3 is 15.0 Å². The van der Waals surface area contributed by atoms with Crippen LogP contribution in [0.4, 0.5) is 4.39 Å². The van der Waals surface area contributed by atoms with Crippen LogP contribution in [-0.4, -0.2) is 69.1 Å². The zero-order valence-corrected chi connectivity index (χ0v) is 12.6. The van der Waals surface area contributed by atoms with Crippen LogP contribution in [0, 0.1) is 5.82 Å². The van der Waals surface area contributed by atoms with Crippen molar-refractivity contribution in [2.45, 2.75) is 0 Å². The second-order valence-corrected chi connectivity index (χ2v) is 5.17. The van der Waals surface area contributed by atoms with Gasteiger partial charge in [-0.3, -0.25) is 9.69 Å². The second-order valence-electron chi connectivity index (χ2n) is 5.17. The van der Waals surface area contributed by atoms with E-state index in [1.54, 1.807) is 11.9 Å². The topological polar surface area (TPSA) is 44.8 Å². The fourth-order valence-electron chi connectivity index (χ4n) is 2.34. The van der Waals surface area contributed by atoms with Gasteiger partial charge in [0, 0.05) is 51.9 Å². The molecular formula is C15H22FN3O2. The molecule has 0 spiro atoms. The third-order valence-electron chi connectivity index (χ3n) is 3.71. The second kappa shape index (κ2) is 7.38. The normalized spacial score (nSPS) is 15.8. The number of ether oxygens (including phenoxy) is 1. The van der Waals surface area contributed by atoms with Crippen LogP contribution in [0.25, 0.3) is 0 Å². The Balaban J connectivity index is 1.92. The Hall–Kier alpha value is -1.66. The minimum absolute atomic E-state index is 0.0938. The first-order valence-corrected chi connectivity index (χ1v) is 7.14. The fourth-order valence-corrected chi connectivity index (χ4v) is 2.34. The molecule has 21 heavy (non-hydrogen) atoms. The van der Waals surface area contributed by atoms with Crippen molar-refractivity contribution >= 4 is 5.91 Å². The molecule has 0 radical (unpaired) electrons. The Morgan fingerprint density at radius 2 is 2.14 bits per heavy atom. The van der Waals surface area contributed by atoms with Gasteiger partial charge in [0.25, 0.3) is 5.91 Å². The SMILES string of the molecule is COc1cc(C(=O)N(C)CCN2CCNCC2)ccc1F. The van der Waals surface area contributed by atoms with Crippen molar-refractivity contribution < 1.29 is 13.9 Å². The molecule has 0 aromatic heterocycles. The summed E-state index contributed by atoms with van der Waals surface area (Å²) in [6.07, 6.45) is 0. The summed E-state index contributed by atoms with van der Waals surface area (Å²) in [6.45, 7) is 5.50. The summed E-state index contributed by atoms with van der Waals surface area (Å²) in [5.74, 6) is -0.489. The molecule has 0 saturated carbocycles. The number of benzene rings is 1. The third kappa shape index (κ3) is 4.15. The first-order valence-electron chi connectivity index (χ1n) is 7.14. The van der Waals surface area contributed by atoms with E-state index in [9.17, 15) is 9.18 Å². The molecule has 1 aliphatic rings. The van der Waals surface area contributed by atoms with Gasteiger partial charge in [-0.15, -0.1) is 0 Å². The average Bonchev–Trinajstić information content (AvgIpc) is 2.53. The van der Waals surface area contributed by atoms with Gasteiger partial charge in [0.2, 0.25) is 0 Å². The minimum Gasteiger partial charge on any atom is -0.494 e. The van der Waals surface area contributed by atoms with E-state index in [0.717, 1.165) is 32.7 Å². The van der Waals surface area contributed by atoms with Crippen molar-refractivity contribution in [3.8, 4) is 5.75 Å². The third-order valence-corrected chi connectivity index (χ3v) is 3.71. The van der Waals surface area contributed by atoms with Crippen LogP contribution < -0.4 is 10.1 Å². The van der Waals surface area contributed by atoms with E-state index in [1.165, 1.54) is 25.3 Å². The van der Waals surface area contributed by atoms with Crippen LogP contribution in [0.1, 0.15) is 10.4 Å². The van der Waals surface area contributed by atoms with E-state index in [2.05, 4.69) is 10.2 Å². The lowest BCUT2D eigenvalue weighted by Gasteiger charge is -2.29. The summed E-state index contributed by atoms with van der Waals surface area (Å²) in [5.41, 5.74) is 0.441. The average molecular weight is 295 g/mol. The largest absolute Gasteiger partial charge is 0.494 e. The number of carbonyl (C=O) groups excluding carboxylic acids is 1. The molecule has 0 aliphatic carbocycles. The number of nitrogens with zero attached hydrogens (tertiary/aromatic N) is 2. The van der Waals surface area contributed by atoms with Crippen molar-refractivity contribution in [1.82, 2.24) is 15.1 Å². The van der Waals surface area contributed by atoms with Crippen molar-refractivity contribution in [2.24, 2.45) is 0 Å². The van der Waals surface area contributed by atoms with E-state index in [0.29, 0.717) is 12.1 Å². The summed E-state index contributed by atoms with van der Waals surface area (Å²) in [5, 5.41) is 3.30. The van der Waals surface area contributed by atoms with Gasteiger partial charge >= 0.3 is 0 Å². The molecule has 1 aromatic rings. The zero-order valence-electron chi connectivity index (χ0n) is 12.6. The Labute approximate surface area is 124 Å². The number of amides is 1. The lowest BCUT2D eigenvalue weighted by Crippen LogP contribution is -2.46. The van der Waals surface area contributed by atoms with Gasteiger partial charge in [-0.05, 0) is 18.2 Å². The predicted molar refractivity (Wildman–Crippen MR) is 79.2 cm³/mol. The van der Waals surface area contributed by atoms with E-state index in [4.69, 9.17) is 4.74 Å². The Bertz CT molecular complexity index is 490. The molecule has 5 nitrogen and oxygen atoms in total. The Morgan fingerprint density at radius 1 is 1.43 bits per heavy atom. The number of piperazine rings is 1. The maximum absolute atomic E-state index is 13.4. The number of halogens is 1. The number of rotatable bonds is 5. The highest BCUT2D eigenvalue weighted by Gasteiger charge is 2.16. The molecule has 116 valence electrons. The van der Waals surface area contributed by atoms with Crippen molar-refractivity contribution in [3.63, 3.8) is 0 Å². The minimum atomic E-state index is -0.461. The number of carbonyl (C=O) groups is 1. The zero-order chi connectivity index (χ0) is 15.2. The predicted octanol–water partition coefficient (Wildman–Crippen LogP) is 0.811. The lowest BCUT2D eigenvalue weighted by molar-refractivity contribution is 0.0774. The molecule has 2 rings (SSSR count). The van der Waals surface area contributed by atoms with Crippen LogP contribution in [-0.2, 0) is 0 Å². The van der Waals surface area contributed by atoms with Crippen LogP contribution in [0.15, 0.2) is 18.2 Å². The highest BCUT2D eigenvalue weighted by Crippen LogP contribution is 2.19. The van der Waals surface area contributed by atoms with Gasteiger partial charge in [0.05, 0.1) is 7.11 Å². The molecule has 1 aromatic carbocycles. The van der Waals surface area contributed by atoms with Crippen molar-refractivity contribution in [3.05, 3.63) is 29.6 Å². The Kier molecular flexibility index (Phi) is 5.52. The summed E-state index contributed by atoms with van der Waals surface area (Å²) < 4.78 is 18.3. The van der Waals surface area contributed by atoms with Crippen LogP contribution in [0.3, 0.4) is 0 Å². The standard InChI is InChI=1S/C15H22FN3O2/c1-18(9-10-19-7-5-17-6-8-19)15(20)12-3-4-13(16)14(11-12)21-2/h3-4,11,17H,5-10H2,1-2H3. The summed E-state index contributed by atoms with van der Waals surface area (Å²) in [4.78, 5) is 16.3. The summed E-state index contributed by atoms with van der Waals surface area (Å²) >= 11 is 0. The summed E-state index contributed by atoms with van der Waals surface area (Å²) in [6, 6.07) is 4.19. The monoisotopic (exact) mass is 295 g/mol. The smallest absolute Gasteiger partial charge is 0.253 e. The lowest BCUT2D eigenvalue weighted by atomic mass is 10.2. The fraction of sp³-hybridized carbons (Fsp3) is 0.533. The highest BCUT2D eigenvalue weighted by atomic mass is 19.1. The van der Waals surface area contributed by atoms with Gasteiger partial charge in [-0.25, -0.2) is 4.39 Å². The molecular weight excluding hydrogens is 273 g/mol. The molecule has 6 heteroatoms. The molecule has 1 aliphatic heterocycles. The quantitative estimate of drug-likeness (QED) is 0.873. The molecule has 1 heterocycles. The van der Waals surface area contributed by atoms with E-state index >= 15 is 0 Å². The molecule has 1 amide bonds.